The quantitative estimate of drug-likeness (QED) is 0.0521. The van der Waals surface area contributed by atoms with Crippen LogP contribution in [-0.2, 0) is 0 Å². The number of hydrogen-bond acceptors (Lipinski definition) is 7. The molecule has 7 heteroatoms. The molecule has 1 aliphatic heterocycles. The van der Waals surface area contributed by atoms with E-state index in [1.165, 1.54) is 154 Å². The number of unbranched alkanes of at least 4 members (excludes halogenated alkanes) is 18. The summed E-state index contributed by atoms with van der Waals surface area (Å²) < 4.78 is 0. The first kappa shape index (κ1) is 43.5. The minimum Gasteiger partial charge on any atom is -0.392 e. The summed E-state index contributed by atoms with van der Waals surface area (Å²) in [4.78, 5) is 7.39. The SMILES string of the molecule is CCCCCCCCCCCCC(O)CN(CCCSSCCN1CCN(C)CC1)CC(O)CCCCCCCCCCCC. The lowest BCUT2D eigenvalue weighted by molar-refractivity contribution is 0.0607. The first-order valence-corrected chi connectivity index (χ1v) is 22.3. The Morgan fingerprint density at radius 2 is 0.933 bits per heavy atom. The molecule has 1 saturated heterocycles. The van der Waals surface area contributed by atoms with Crippen LogP contribution in [0.1, 0.15) is 162 Å². The largest absolute Gasteiger partial charge is 0.392 e. The number of nitrogens with zero attached hydrogens (tertiary/aromatic N) is 3. The van der Waals surface area contributed by atoms with Crippen molar-refractivity contribution in [2.45, 2.75) is 174 Å². The number of aliphatic hydroxyl groups is 2. The summed E-state index contributed by atoms with van der Waals surface area (Å²) >= 11 is 0. The number of rotatable bonds is 34. The zero-order valence-electron chi connectivity index (χ0n) is 30.5. The Kier molecular flexibility index (Phi) is 31.9. The van der Waals surface area contributed by atoms with Crippen LogP contribution in [0.25, 0.3) is 0 Å². The van der Waals surface area contributed by atoms with Crippen molar-refractivity contribution in [1.29, 1.82) is 0 Å². The predicted molar refractivity (Wildman–Crippen MR) is 205 cm³/mol. The van der Waals surface area contributed by atoms with Crippen molar-refractivity contribution in [3.05, 3.63) is 0 Å². The van der Waals surface area contributed by atoms with E-state index < -0.39 is 0 Å². The minimum absolute atomic E-state index is 0.269. The van der Waals surface area contributed by atoms with Crippen LogP contribution in [0.4, 0.5) is 0 Å². The van der Waals surface area contributed by atoms with E-state index in [9.17, 15) is 10.2 Å². The highest BCUT2D eigenvalue weighted by atomic mass is 33.1. The van der Waals surface area contributed by atoms with Gasteiger partial charge in [-0.05, 0) is 32.9 Å². The van der Waals surface area contributed by atoms with Gasteiger partial charge in [-0.3, -0.25) is 9.80 Å². The van der Waals surface area contributed by atoms with E-state index in [-0.39, 0.29) is 12.2 Å². The second kappa shape index (κ2) is 33.0. The Morgan fingerprint density at radius 1 is 0.533 bits per heavy atom. The second-order valence-electron chi connectivity index (χ2n) is 14.2. The molecule has 1 rings (SSSR count). The molecule has 1 heterocycles. The van der Waals surface area contributed by atoms with Crippen LogP contribution in [0.2, 0.25) is 0 Å². The van der Waals surface area contributed by atoms with Gasteiger partial charge in [0.15, 0.2) is 0 Å². The van der Waals surface area contributed by atoms with E-state index in [4.69, 9.17) is 0 Å². The average molecular weight is 674 g/mol. The number of likely N-dealkylation sites (N-methyl/N-ethyl adjacent to an activating group) is 1. The molecule has 45 heavy (non-hydrogen) atoms. The summed E-state index contributed by atoms with van der Waals surface area (Å²) in [5, 5.41) is 21.8. The van der Waals surface area contributed by atoms with Crippen LogP contribution < -0.4 is 0 Å². The third-order valence-corrected chi connectivity index (χ3v) is 12.1. The summed E-state index contributed by atoms with van der Waals surface area (Å²) in [6, 6.07) is 0. The third kappa shape index (κ3) is 29.2. The molecule has 2 atom stereocenters. The predicted octanol–water partition coefficient (Wildman–Crippen LogP) is 9.65. The van der Waals surface area contributed by atoms with E-state index in [0.29, 0.717) is 13.1 Å². The molecule has 5 nitrogen and oxygen atoms in total. The number of aliphatic hydroxyl groups excluding tert-OH is 2. The number of hydrogen-bond donors (Lipinski definition) is 2. The van der Waals surface area contributed by atoms with Gasteiger partial charge in [0.25, 0.3) is 0 Å². The fourth-order valence-electron chi connectivity index (χ4n) is 6.47. The van der Waals surface area contributed by atoms with E-state index in [2.05, 4.69) is 35.6 Å². The van der Waals surface area contributed by atoms with Crippen molar-refractivity contribution in [2.24, 2.45) is 0 Å². The summed E-state index contributed by atoms with van der Waals surface area (Å²) in [7, 11) is 6.25. The lowest BCUT2D eigenvalue weighted by Gasteiger charge is -2.32. The van der Waals surface area contributed by atoms with E-state index in [1.54, 1.807) is 0 Å². The molecule has 2 N–H and O–H groups in total. The van der Waals surface area contributed by atoms with Crippen molar-refractivity contribution in [3.63, 3.8) is 0 Å². The second-order valence-corrected chi connectivity index (χ2v) is 16.9. The van der Waals surface area contributed by atoms with Gasteiger partial charge in [0, 0.05) is 57.3 Å². The van der Waals surface area contributed by atoms with Gasteiger partial charge in [0.1, 0.15) is 0 Å². The molecule has 0 bridgehead atoms. The van der Waals surface area contributed by atoms with Crippen molar-refractivity contribution < 1.29 is 10.2 Å². The molecule has 0 aliphatic carbocycles. The maximum absolute atomic E-state index is 10.9. The van der Waals surface area contributed by atoms with Crippen LogP contribution >= 0.6 is 21.6 Å². The Bertz CT molecular complexity index is 563. The fourth-order valence-corrected chi connectivity index (χ4v) is 8.57. The molecule has 2 unspecified atom stereocenters. The number of piperazine rings is 1. The molecule has 0 radical (unpaired) electrons. The Morgan fingerprint density at radius 3 is 1.38 bits per heavy atom. The van der Waals surface area contributed by atoms with Crippen molar-refractivity contribution in [3.8, 4) is 0 Å². The summed E-state index contributed by atoms with van der Waals surface area (Å²) in [5.41, 5.74) is 0. The normalized spacial score (nSPS) is 16.1. The smallest absolute Gasteiger partial charge is 0.0667 e. The van der Waals surface area contributed by atoms with Gasteiger partial charge in [0.05, 0.1) is 12.2 Å². The molecule has 0 aromatic carbocycles. The zero-order chi connectivity index (χ0) is 32.6. The summed E-state index contributed by atoms with van der Waals surface area (Å²) in [6.45, 7) is 13.0. The van der Waals surface area contributed by atoms with Gasteiger partial charge in [-0.2, -0.15) is 0 Å². The van der Waals surface area contributed by atoms with Crippen molar-refractivity contribution in [2.75, 3.05) is 70.9 Å². The van der Waals surface area contributed by atoms with Gasteiger partial charge < -0.3 is 15.1 Å². The standard InChI is InChI=1S/C38H79N3O2S2/c1-4-6-8-10-12-14-16-18-20-22-25-37(42)35-41(27-24-33-44-45-34-32-40-30-28-39(3)29-31-40)36-38(43)26-23-21-19-17-15-13-11-9-7-5-2/h37-38,42-43H,4-36H2,1-3H3. The van der Waals surface area contributed by atoms with Gasteiger partial charge in [-0.15, -0.1) is 0 Å². The van der Waals surface area contributed by atoms with E-state index in [1.807, 2.05) is 21.6 Å². The van der Waals surface area contributed by atoms with Crippen molar-refractivity contribution in [1.82, 2.24) is 14.7 Å². The van der Waals surface area contributed by atoms with Crippen LogP contribution in [0.15, 0.2) is 0 Å². The Hall–Kier alpha value is 0.500. The van der Waals surface area contributed by atoms with Crippen LogP contribution in [0.5, 0.6) is 0 Å². The van der Waals surface area contributed by atoms with Crippen LogP contribution in [0, 0.1) is 0 Å². The molecule has 1 aliphatic rings. The van der Waals surface area contributed by atoms with Crippen LogP contribution in [-0.4, -0.2) is 108 Å². The monoisotopic (exact) mass is 674 g/mol. The maximum atomic E-state index is 10.9. The lowest BCUT2D eigenvalue weighted by Crippen LogP contribution is -2.45. The molecule has 0 amide bonds. The molecular formula is C38H79N3O2S2. The van der Waals surface area contributed by atoms with Gasteiger partial charge in [0.2, 0.25) is 0 Å². The first-order valence-electron chi connectivity index (χ1n) is 19.8. The first-order chi connectivity index (χ1) is 22.0. The van der Waals surface area contributed by atoms with Crippen LogP contribution in [0.3, 0.4) is 0 Å². The van der Waals surface area contributed by atoms with Crippen molar-refractivity contribution >= 4 is 21.6 Å². The highest BCUT2D eigenvalue weighted by molar-refractivity contribution is 8.76. The molecule has 0 aromatic heterocycles. The maximum Gasteiger partial charge on any atom is 0.0667 e. The summed E-state index contributed by atoms with van der Waals surface area (Å²) in [5.74, 6) is 2.35. The Labute approximate surface area is 290 Å². The molecule has 1 fully saturated rings. The van der Waals surface area contributed by atoms with E-state index in [0.717, 1.165) is 44.4 Å². The highest BCUT2D eigenvalue weighted by Crippen LogP contribution is 2.22. The molecular weight excluding hydrogens is 595 g/mol. The van der Waals surface area contributed by atoms with E-state index >= 15 is 0 Å². The Balaban J connectivity index is 2.24. The molecule has 0 aromatic rings. The van der Waals surface area contributed by atoms with Gasteiger partial charge in [-0.25, -0.2) is 0 Å². The average Bonchev–Trinajstić information content (AvgIpc) is 3.03. The molecule has 270 valence electrons. The zero-order valence-corrected chi connectivity index (χ0v) is 32.2. The topological polar surface area (TPSA) is 50.2 Å². The lowest BCUT2D eigenvalue weighted by atomic mass is 10.0. The van der Waals surface area contributed by atoms with Gasteiger partial charge in [-0.1, -0.05) is 164 Å². The molecule has 0 spiro atoms. The molecule has 0 saturated carbocycles. The highest BCUT2D eigenvalue weighted by Gasteiger charge is 2.16. The minimum atomic E-state index is -0.269. The van der Waals surface area contributed by atoms with Gasteiger partial charge >= 0.3 is 0 Å². The fraction of sp³-hybridized carbons (Fsp3) is 1.00. The summed E-state index contributed by atoms with van der Waals surface area (Å²) in [6.07, 6.45) is 29.1. The third-order valence-electron chi connectivity index (χ3n) is 9.59.